The van der Waals surface area contributed by atoms with Crippen molar-refractivity contribution in [2.45, 2.75) is 218 Å². The van der Waals surface area contributed by atoms with Gasteiger partial charge in [-0.2, -0.15) is 59.8 Å². The Balaban J connectivity index is 0.000000150. The second-order valence-corrected chi connectivity index (χ2v) is 39.1. The van der Waals surface area contributed by atoms with Gasteiger partial charge in [0.05, 0.1) is 95.4 Å². The maximum absolute atomic E-state index is 15.2. The van der Waals surface area contributed by atoms with Crippen LogP contribution in [0.15, 0.2) is 38.0 Å². The number of nitrogen functional groups attached to an aromatic ring is 3. The number of aliphatic hydroxyl groups is 8. The number of hydrogen-bond acceptors (Lipinski definition) is 43. The van der Waals surface area contributed by atoms with Crippen molar-refractivity contribution < 1.29 is 110 Å². The predicted molar refractivity (Wildman–Crippen MR) is 535 cm³/mol. The molecule has 52 nitrogen and oxygen atoms in total. The summed E-state index contributed by atoms with van der Waals surface area (Å²) in [4.78, 5) is 121. The number of amides is 3. The zero-order valence-electron chi connectivity index (χ0n) is 86.2. The van der Waals surface area contributed by atoms with Crippen LogP contribution in [0, 0.1) is 41.4 Å². The second kappa shape index (κ2) is 46.5. The Morgan fingerprint density at radius 1 is 0.369 bits per heavy atom. The number of fused-ring (bicyclic) bond motifs is 6. The fourth-order valence-electron chi connectivity index (χ4n) is 17.4. The lowest BCUT2D eigenvalue weighted by atomic mass is 9.86. The lowest BCUT2D eigenvalue weighted by Gasteiger charge is -2.29. The first-order valence-electron chi connectivity index (χ1n) is 48.0. The molecule has 3 amide bonds. The summed E-state index contributed by atoms with van der Waals surface area (Å²) in [5, 5.41) is 84.2. The van der Waals surface area contributed by atoms with Crippen molar-refractivity contribution in [3.8, 4) is 0 Å². The fraction of sp³-hybridized carbons (Fsp3) is 0.633. The Kier molecular flexibility index (Phi) is 35.4. The minimum Gasteiger partial charge on any atom is -0.394 e. The van der Waals surface area contributed by atoms with Crippen LogP contribution in [0.5, 0.6) is 0 Å². The van der Waals surface area contributed by atoms with Crippen LogP contribution in [0.25, 0.3) is 67.0 Å². The molecule has 6 aliphatic rings. The molecular weight excluding hydrogens is 1990 g/mol. The number of nitrogens with two attached hydrogens (primary N) is 3. The largest absolute Gasteiger partial charge is 0.394 e. The Morgan fingerprint density at radius 3 is 0.886 bits per heavy atom. The molecule has 0 saturated carbocycles. The third-order valence-electron chi connectivity index (χ3n) is 26.6. The molecule has 59 heteroatoms. The lowest BCUT2D eigenvalue weighted by Crippen LogP contribution is -2.43. The van der Waals surface area contributed by atoms with Gasteiger partial charge >= 0.3 is 0 Å². The number of alkyl halides is 6. The van der Waals surface area contributed by atoms with Crippen molar-refractivity contribution in [2.75, 3.05) is 168 Å². The molecule has 0 bridgehead atoms. The van der Waals surface area contributed by atoms with E-state index in [1.54, 1.807) is 154 Å². The van der Waals surface area contributed by atoms with Crippen molar-refractivity contribution in [3.63, 3.8) is 0 Å². The number of carbonyl (C=O) groups excluding carboxylic acids is 3. The summed E-state index contributed by atoms with van der Waals surface area (Å²) in [6, 6.07) is 0. The van der Waals surface area contributed by atoms with E-state index in [0.717, 1.165) is 6.42 Å². The van der Waals surface area contributed by atoms with Gasteiger partial charge in [-0.1, -0.05) is 94.7 Å². The van der Waals surface area contributed by atoms with Gasteiger partial charge < -0.3 is 111 Å². The van der Waals surface area contributed by atoms with Gasteiger partial charge in [0.1, 0.15) is 35.5 Å². The van der Waals surface area contributed by atoms with Crippen LogP contribution in [-0.4, -0.2) is 371 Å². The van der Waals surface area contributed by atoms with Crippen LogP contribution < -0.4 is 57.7 Å². The first kappa shape index (κ1) is 114. The van der Waals surface area contributed by atoms with Crippen LogP contribution in [0.4, 0.5) is 91.1 Å². The minimum atomic E-state index is -1.74. The van der Waals surface area contributed by atoms with Gasteiger partial charge in [0.2, 0.25) is 53.4 Å². The Bertz CT molecular complexity index is 6410. The zero-order valence-corrected chi connectivity index (χ0v) is 86.9. The molecule has 18 rings (SSSR count). The van der Waals surface area contributed by atoms with E-state index in [1.165, 1.54) is 54.5 Å². The van der Waals surface area contributed by atoms with Gasteiger partial charge in [-0.3, -0.25) is 57.7 Å². The molecule has 6 aliphatic heterocycles. The third-order valence-corrected chi connectivity index (χ3v) is 26.9. The summed E-state index contributed by atoms with van der Waals surface area (Å²) in [5.41, 5.74) is 19.2. The van der Waals surface area contributed by atoms with Crippen molar-refractivity contribution in [3.05, 3.63) is 43.1 Å². The Labute approximate surface area is 854 Å². The van der Waals surface area contributed by atoms with E-state index in [4.69, 9.17) is 67.4 Å². The van der Waals surface area contributed by atoms with Crippen LogP contribution in [0.2, 0.25) is 5.15 Å². The minimum absolute atomic E-state index is 0.0191. The number of aromatic nitrogens is 24. The Morgan fingerprint density at radius 2 is 0.624 bits per heavy atom. The number of rotatable bonds is 25. The summed E-state index contributed by atoms with van der Waals surface area (Å²) in [6.07, 6.45) is -10.7. The highest BCUT2D eigenvalue weighted by Gasteiger charge is 2.57. The van der Waals surface area contributed by atoms with Gasteiger partial charge in [0, 0.05) is 112 Å². The van der Waals surface area contributed by atoms with E-state index in [1.807, 2.05) is 34.9 Å². The fourth-order valence-corrected chi connectivity index (χ4v) is 17.7. The molecule has 0 aliphatic carbocycles. The normalized spacial score (nSPS) is 26.9. The standard InChI is InChI=1S/C19H29FN6O3.C18H27FN6O4.C17H25FN6O3.C14H21FN6O.C12H17FN6O3.C10H11ClFN5O3/c1-7-19(8-27)11(4)12(20)17(29-19)26-9-21-13-14(25(5)6)22-18(23-15(13)26)24-16(28)10(2)3;1-9(2)15(28)23-17-21-13(24(4)5)12-14(22-17)25(8-20-12)16-11(19)10(3)18(6-26,7-27)29-16;1-8(2)15(26)22-17-20-13(23(4)5)12-14(21-17)24(7-19-12)16-11(18)9(3)10(6-25)27-16;1-5-8-7(2)9(15)13(22-8)21-6-17-10-11(20(3)4)18-14(16)19-12(10)21;1-18(2)9-7-10(17-12(14)16-9)19(4-15-7)11-6(13)8(21)5(3-20)22-11;11-7-5-8(16-10(13)15-7)17(2-14-5)9-4(12)6(19)3(1-18)20-9/h9-12,17,27H,7-8H2,1-6H3,(H,22,23,24,28);8-11,16,26-27H,6-7H2,1-5H3,(H,21,22,23,28);7-11,16,25H,6H2,1-5H3,(H,20,21,22,26);6-9,13H,5H2,1-4H3,(H2,16,18,19);4-6,8,11,20-21H,3H2,1-2H3,(H2,14,16,17);2-4,6,9,18-19H,1H2,(H2,13,15,16)/t11-,12+,17+,19+;10-,11+,16+;9-,10-,11-,16-;7-,8-,9-,13-;5-,6-,8-,11-;3-,4-,6-,9-/m001111/s1. The van der Waals surface area contributed by atoms with E-state index in [9.17, 15) is 62.6 Å². The van der Waals surface area contributed by atoms with Crippen LogP contribution in [-0.2, 0) is 42.8 Å². The van der Waals surface area contributed by atoms with Crippen molar-refractivity contribution >= 4 is 161 Å². The summed E-state index contributed by atoms with van der Waals surface area (Å²) >= 11 is 5.87. The molecule has 12 aromatic heterocycles. The molecule has 12 aromatic rings. The Hall–Kier alpha value is -12.6. The van der Waals surface area contributed by atoms with E-state index < -0.39 is 160 Å². The maximum Gasteiger partial charge on any atom is 0.233 e. The van der Waals surface area contributed by atoms with Crippen LogP contribution >= 0.6 is 11.6 Å². The average Bonchev–Trinajstić information content (AvgIpc) is 1.59. The van der Waals surface area contributed by atoms with Crippen LogP contribution in [0.1, 0.15) is 133 Å². The van der Waals surface area contributed by atoms with E-state index >= 15 is 8.78 Å². The second-order valence-electron chi connectivity index (χ2n) is 38.8. The maximum atomic E-state index is 15.2. The molecule has 0 aromatic carbocycles. The molecule has 17 N–H and O–H groups in total. The first-order valence-corrected chi connectivity index (χ1v) is 48.3. The molecule has 18 heterocycles. The summed E-state index contributed by atoms with van der Waals surface area (Å²) < 4.78 is 131. The molecule has 0 spiro atoms. The third kappa shape index (κ3) is 22.5. The van der Waals surface area contributed by atoms with Gasteiger partial charge in [-0.25, -0.2) is 56.2 Å². The molecule has 149 heavy (non-hydrogen) atoms. The number of aliphatic hydroxyl groups excluding tert-OH is 8. The molecule has 6 saturated heterocycles. The molecule has 816 valence electrons. The molecule has 6 fully saturated rings. The number of nitrogens with zero attached hydrogens (tertiary/aromatic N) is 29. The van der Waals surface area contributed by atoms with Gasteiger partial charge in [0.15, 0.2) is 170 Å². The number of ether oxygens (including phenoxy) is 6. The van der Waals surface area contributed by atoms with Gasteiger partial charge in [0.25, 0.3) is 0 Å². The molecule has 23 atom stereocenters. The van der Waals surface area contributed by atoms with Crippen molar-refractivity contribution in [1.29, 1.82) is 0 Å². The van der Waals surface area contributed by atoms with Crippen LogP contribution in [0.3, 0.4) is 0 Å². The van der Waals surface area contributed by atoms with E-state index in [0.29, 0.717) is 85.7 Å². The number of carbonyl (C=O) groups is 3. The number of anilines is 11. The summed E-state index contributed by atoms with van der Waals surface area (Å²) in [5.74, 6) is -0.435. The van der Waals surface area contributed by atoms with Gasteiger partial charge in [-0.05, 0) is 12.8 Å². The first-order chi connectivity index (χ1) is 70.4. The lowest BCUT2D eigenvalue weighted by molar-refractivity contribution is -0.134. The number of nitrogens with one attached hydrogen (secondary N) is 3. The van der Waals surface area contributed by atoms with Crippen molar-refractivity contribution in [1.82, 2.24) is 117 Å². The molecule has 0 radical (unpaired) electrons. The molecular formula is C90H130ClF6N35O17. The molecule has 0 unspecified atom stereocenters. The highest BCUT2D eigenvalue weighted by Crippen LogP contribution is 2.49. The van der Waals surface area contributed by atoms with E-state index in [2.05, 4.69) is 106 Å². The van der Waals surface area contributed by atoms with E-state index in [-0.39, 0.29) is 118 Å². The topological polar surface area (TPSA) is 660 Å². The monoisotopic (exact) mass is 2120 g/mol. The number of halogens is 7. The zero-order chi connectivity index (χ0) is 109. The summed E-state index contributed by atoms with van der Waals surface area (Å²) in [6.45, 7) is 18.7. The number of hydrogen-bond donors (Lipinski definition) is 14. The van der Waals surface area contributed by atoms with Crippen molar-refractivity contribution in [2.24, 2.45) is 41.4 Å². The predicted octanol–water partition coefficient (Wildman–Crippen LogP) is 4.66. The van der Waals surface area contributed by atoms with Gasteiger partial charge in [-0.15, -0.1) is 0 Å². The smallest absolute Gasteiger partial charge is 0.233 e. The number of imidazole rings is 6. The quantitative estimate of drug-likeness (QED) is 0.0273. The highest BCUT2D eigenvalue weighted by atomic mass is 35.5. The average molecular weight is 2120 g/mol. The highest BCUT2D eigenvalue weighted by molar-refractivity contribution is 6.33. The SMILES string of the molecule is CC(C)C(=O)Nc1nc(N(C)C)c2ncn([C@@H]3OC(CO)(CO)[C@@H](C)[C@H]3F)c2n1.CC(C)C(=O)Nc1nc(N(C)C)c2ncn([C@@H]3O[C@H](CO)[C@@H](C)[C@H]3F)c2n1.CC[C@H]1O[C@@H](n2cnc3c(N(C)C)nc(N)nc32)[C@H](F)[C@@H]1C.CC[C@]1(CO)O[C@@H](n2cnc3c(N(C)C)nc(NC(=O)C(C)C)nc32)[C@H](F)[C@@H]1C.CN(C)c1nc(N)nc2c1ncn2[C@@H]1O[C@H](CO)[C@@H](O)[C@H]1F.Nc1nc(Cl)c2ncn([C@@H]3O[C@H](CO)[C@@H](O)[C@H]3F)c2n1. The summed E-state index contributed by atoms with van der Waals surface area (Å²) in [7, 11) is 18.0.